The topological polar surface area (TPSA) is 35.2 Å². The summed E-state index contributed by atoms with van der Waals surface area (Å²) in [7, 11) is 0. The monoisotopic (exact) mass is 279 g/mol. The largest absolute Gasteiger partial charge is 0.494 e. The van der Waals surface area contributed by atoms with Gasteiger partial charge in [0, 0.05) is 17.1 Å². The van der Waals surface area contributed by atoms with Gasteiger partial charge < -0.3 is 10.5 Å². The quantitative estimate of drug-likeness (QED) is 0.918. The van der Waals surface area contributed by atoms with Crippen LogP contribution in [0, 0.1) is 5.82 Å². The Balaban J connectivity index is 2.54. The Morgan fingerprint density at radius 2 is 2.00 bits per heavy atom. The van der Waals surface area contributed by atoms with Gasteiger partial charge in [-0.2, -0.15) is 0 Å². The number of hydrogen-bond acceptors (Lipinski definition) is 2. The molecule has 0 bridgehead atoms. The molecule has 2 rings (SSSR count). The van der Waals surface area contributed by atoms with E-state index in [1.807, 2.05) is 25.1 Å². The lowest BCUT2D eigenvalue weighted by Gasteiger charge is -2.11. The molecule has 0 amide bonds. The first-order chi connectivity index (χ1) is 9.13. The third kappa shape index (κ3) is 3.25. The van der Waals surface area contributed by atoms with E-state index < -0.39 is 0 Å². The van der Waals surface area contributed by atoms with Crippen molar-refractivity contribution in [3.05, 3.63) is 52.8 Å². The van der Waals surface area contributed by atoms with Crippen molar-refractivity contribution in [2.45, 2.75) is 13.5 Å². The van der Waals surface area contributed by atoms with Crippen LogP contribution >= 0.6 is 11.6 Å². The van der Waals surface area contributed by atoms with Crippen LogP contribution in [-0.2, 0) is 6.54 Å². The zero-order chi connectivity index (χ0) is 13.8. The number of nitrogens with two attached hydrogens (primary N) is 1. The van der Waals surface area contributed by atoms with Crippen molar-refractivity contribution in [3.8, 4) is 16.9 Å². The van der Waals surface area contributed by atoms with Crippen LogP contribution in [0.1, 0.15) is 12.5 Å². The molecule has 0 aliphatic carbocycles. The van der Waals surface area contributed by atoms with E-state index in [1.165, 1.54) is 12.1 Å². The lowest BCUT2D eigenvalue weighted by molar-refractivity contribution is 0.340. The van der Waals surface area contributed by atoms with Crippen LogP contribution in [0.25, 0.3) is 11.1 Å². The van der Waals surface area contributed by atoms with Crippen molar-refractivity contribution in [1.29, 1.82) is 0 Å². The molecule has 0 heterocycles. The van der Waals surface area contributed by atoms with E-state index in [2.05, 4.69) is 0 Å². The molecular weight excluding hydrogens is 265 g/mol. The molecule has 2 nitrogen and oxygen atoms in total. The summed E-state index contributed by atoms with van der Waals surface area (Å²) < 4.78 is 18.8. The molecule has 0 radical (unpaired) electrons. The highest BCUT2D eigenvalue weighted by atomic mass is 35.5. The number of rotatable bonds is 4. The van der Waals surface area contributed by atoms with Gasteiger partial charge >= 0.3 is 0 Å². The molecule has 0 saturated carbocycles. The van der Waals surface area contributed by atoms with E-state index in [0.29, 0.717) is 29.5 Å². The first kappa shape index (κ1) is 13.8. The Morgan fingerprint density at radius 3 is 2.68 bits per heavy atom. The van der Waals surface area contributed by atoms with E-state index in [9.17, 15) is 4.39 Å². The van der Waals surface area contributed by atoms with Gasteiger partial charge in [-0.25, -0.2) is 4.39 Å². The summed E-state index contributed by atoms with van der Waals surface area (Å²) in [4.78, 5) is 0. The summed E-state index contributed by atoms with van der Waals surface area (Å²) >= 11 is 6.12. The van der Waals surface area contributed by atoms with Crippen LogP contribution in [0.5, 0.6) is 5.75 Å². The molecule has 2 aromatic rings. The average Bonchev–Trinajstić information content (AvgIpc) is 2.41. The zero-order valence-corrected chi connectivity index (χ0v) is 11.4. The molecule has 0 aromatic heterocycles. The SMILES string of the molecule is CCOc1cc(CN)cc(-c2cc(F)ccc2Cl)c1. The highest BCUT2D eigenvalue weighted by molar-refractivity contribution is 6.33. The Hall–Kier alpha value is -1.58. The van der Waals surface area contributed by atoms with E-state index >= 15 is 0 Å². The van der Waals surface area contributed by atoms with Crippen molar-refractivity contribution < 1.29 is 9.13 Å². The van der Waals surface area contributed by atoms with Gasteiger partial charge in [0.1, 0.15) is 11.6 Å². The molecule has 0 aliphatic heterocycles. The van der Waals surface area contributed by atoms with Crippen LogP contribution in [0.15, 0.2) is 36.4 Å². The van der Waals surface area contributed by atoms with Crippen molar-refractivity contribution in [1.82, 2.24) is 0 Å². The number of benzene rings is 2. The predicted molar refractivity (Wildman–Crippen MR) is 75.9 cm³/mol. The molecule has 0 spiro atoms. The van der Waals surface area contributed by atoms with E-state index in [1.54, 1.807) is 6.07 Å². The normalized spacial score (nSPS) is 10.5. The standard InChI is InChI=1S/C15H15ClFNO/c1-2-19-13-6-10(9-18)5-11(7-13)14-8-12(17)3-4-15(14)16/h3-8H,2,9,18H2,1H3. The summed E-state index contributed by atoms with van der Waals surface area (Å²) in [5.74, 6) is 0.385. The zero-order valence-electron chi connectivity index (χ0n) is 10.6. The minimum absolute atomic E-state index is 0.324. The van der Waals surface area contributed by atoms with Crippen molar-refractivity contribution in [3.63, 3.8) is 0 Å². The highest BCUT2D eigenvalue weighted by Gasteiger charge is 2.08. The average molecular weight is 280 g/mol. The third-order valence-corrected chi connectivity index (χ3v) is 3.08. The van der Waals surface area contributed by atoms with Crippen LogP contribution in [0.4, 0.5) is 4.39 Å². The van der Waals surface area contributed by atoms with E-state index in [-0.39, 0.29) is 5.82 Å². The molecule has 4 heteroatoms. The molecule has 100 valence electrons. The predicted octanol–water partition coefficient (Wildman–Crippen LogP) is 4.00. The summed E-state index contributed by atoms with van der Waals surface area (Å²) in [5, 5.41) is 0.498. The van der Waals surface area contributed by atoms with Crippen molar-refractivity contribution >= 4 is 11.6 Å². The summed E-state index contributed by atoms with van der Waals surface area (Å²) in [6.45, 7) is 2.86. The fourth-order valence-corrected chi connectivity index (χ4v) is 2.13. The van der Waals surface area contributed by atoms with Crippen LogP contribution in [0.2, 0.25) is 5.02 Å². The number of halogens is 2. The fourth-order valence-electron chi connectivity index (χ4n) is 1.90. The van der Waals surface area contributed by atoms with Crippen molar-refractivity contribution in [2.75, 3.05) is 6.61 Å². The number of ether oxygens (including phenoxy) is 1. The molecular formula is C15H15ClFNO. The van der Waals surface area contributed by atoms with Gasteiger partial charge in [0.05, 0.1) is 6.61 Å². The maximum Gasteiger partial charge on any atom is 0.123 e. The van der Waals surface area contributed by atoms with Gasteiger partial charge in [-0.1, -0.05) is 11.6 Å². The van der Waals surface area contributed by atoms with Gasteiger partial charge in [-0.15, -0.1) is 0 Å². The molecule has 0 saturated heterocycles. The Bertz CT molecular complexity index is 586. The van der Waals surface area contributed by atoms with E-state index in [4.69, 9.17) is 22.1 Å². The van der Waals surface area contributed by atoms with Gasteiger partial charge in [-0.05, 0) is 54.4 Å². The molecule has 0 fully saturated rings. The van der Waals surface area contributed by atoms with Gasteiger partial charge in [0.15, 0.2) is 0 Å². The summed E-state index contributed by atoms with van der Waals surface area (Å²) in [5.41, 5.74) is 8.02. The second-order valence-corrected chi connectivity index (χ2v) is 4.53. The van der Waals surface area contributed by atoms with Crippen LogP contribution < -0.4 is 10.5 Å². The van der Waals surface area contributed by atoms with Gasteiger partial charge in [-0.3, -0.25) is 0 Å². The Kier molecular flexibility index (Phi) is 4.40. The highest BCUT2D eigenvalue weighted by Crippen LogP contribution is 2.32. The van der Waals surface area contributed by atoms with Crippen molar-refractivity contribution in [2.24, 2.45) is 5.73 Å². The van der Waals surface area contributed by atoms with Crippen LogP contribution in [0.3, 0.4) is 0 Å². The molecule has 2 N–H and O–H groups in total. The van der Waals surface area contributed by atoms with Crippen LogP contribution in [-0.4, -0.2) is 6.61 Å². The summed E-state index contributed by atoms with van der Waals surface area (Å²) in [6.07, 6.45) is 0. The maximum atomic E-state index is 13.3. The molecule has 19 heavy (non-hydrogen) atoms. The first-order valence-corrected chi connectivity index (χ1v) is 6.44. The van der Waals surface area contributed by atoms with Gasteiger partial charge in [0.25, 0.3) is 0 Å². The van der Waals surface area contributed by atoms with Gasteiger partial charge in [0.2, 0.25) is 0 Å². The first-order valence-electron chi connectivity index (χ1n) is 6.06. The summed E-state index contributed by atoms with van der Waals surface area (Å²) in [6, 6.07) is 9.89. The lowest BCUT2D eigenvalue weighted by Crippen LogP contribution is -1.99. The Morgan fingerprint density at radius 1 is 1.21 bits per heavy atom. The smallest absolute Gasteiger partial charge is 0.123 e. The maximum absolute atomic E-state index is 13.3. The third-order valence-electron chi connectivity index (χ3n) is 2.75. The minimum Gasteiger partial charge on any atom is -0.494 e. The molecule has 0 atom stereocenters. The number of hydrogen-bond donors (Lipinski definition) is 1. The molecule has 0 aliphatic rings. The lowest BCUT2D eigenvalue weighted by atomic mass is 10.0. The molecule has 0 unspecified atom stereocenters. The minimum atomic E-state index is -0.324. The fraction of sp³-hybridized carbons (Fsp3) is 0.200. The van der Waals surface area contributed by atoms with E-state index in [0.717, 1.165) is 11.1 Å². The second kappa shape index (κ2) is 6.04. The second-order valence-electron chi connectivity index (χ2n) is 4.13. The Labute approximate surface area is 117 Å². The molecule has 2 aromatic carbocycles.